The van der Waals surface area contributed by atoms with Crippen molar-refractivity contribution >= 4 is 43.5 Å². The molecule has 0 radical (unpaired) electrons. The summed E-state index contributed by atoms with van der Waals surface area (Å²) in [4.78, 5) is 13.9. The van der Waals surface area contributed by atoms with Gasteiger partial charge in [-0.15, -0.1) is 0 Å². The number of benzene rings is 1. The molecule has 8 heteroatoms. The third-order valence-electron chi connectivity index (χ3n) is 4.03. The number of hydrogen-bond donors (Lipinski definition) is 1. The Bertz CT molecular complexity index is 580. The van der Waals surface area contributed by atoms with Crippen molar-refractivity contribution in [2.75, 3.05) is 18.4 Å². The first-order valence-corrected chi connectivity index (χ1v) is 8.83. The van der Waals surface area contributed by atoms with Crippen LogP contribution in [0, 0.1) is 5.92 Å². The Labute approximate surface area is 149 Å². The lowest BCUT2D eigenvalue weighted by molar-refractivity contribution is -0.188. The molecular formula is C15H17Br2F3N2O. The van der Waals surface area contributed by atoms with Gasteiger partial charge in [-0.2, -0.15) is 13.2 Å². The van der Waals surface area contributed by atoms with E-state index in [-0.39, 0.29) is 18.9 Å². The van der Waals surface area contributed by atoms with Gasteiger partial charge in [0.2, 0.25) is 5.91 Å². The second-order valence-electron chi connectivity index (χ2n) is 5.67. The van der Waals surface area contributed by atoms with Crippen LogP contribution in [0.4, 0.5) is 18.9 Å². The number of carbonyl (C=O) groups excluding carboxylic acids is 1. The molecule has 1 aromatic rings. The van der Waals surface area contributed by atoms with Gasteiger partial charge in [0.05, 0.1) is 17.6 Å². The van der Waals surface area contributed by atoms with E-state index in [1.54, 1.807) is 30.0 Å². The third kappa shape index (κ3) is 4.93. The normalized spacial score (nSPS) is 21.0. The average molecular weight is 458 g/mol. The number of rotatable bonds is 3. The van der Waals surface area contributed by atoms with E-state index >= 15 is 0 Å². The molecule has 1 saturated heterocycles. The van der Waals surface area contributed by atoms with Crippen LogP contribution in [0.5, 0.6) is 0 Å². The van der Waals surface area contributed by atoms with Gasteiger partial charge in [0.1, 0.15) is 0 Å². The molecule has 1 aromatic carbocycles. The van der Waals surface area contributed by atoms with Crippen LogP contribution in [0.25, 0.3) is 0 Å². The second kappa shape index (κ2) is 7.53. The van der Waals surface area contributed by atoms with Crippen molar-refractivity contribution in [3.05, 3.63) is 27.1 Å². The fourth-order valence-electron chi connectivity index (χ4n) is 2.62. The molecule has 0 aliphatic carbocycles. The van der Waals surface area contributed by atoms with Crippen LogP contribution in [0.1, 0.15) is 19.8 Å². The van der Waals surface area contributed by atoms with Crippen LogP contribution in [0.2, 0.25) is 0 Å². The molecule has 2 atom stereocenters. The minimum Gasteiger partial charge on any atom is -0.324 e. The highest BCUT2D eigenvalue weighted by molar-refractivity contribution is 9.11. The number of anilines is 1. The lowest BCUT2D eigenvalue weighted by atomic mass is 9.96. The SMILES string of the molecule is C[C@H](C(=O)Nc1ccc(Br)cc1Br)N1CCC[C@@H](C(F)(F)F)C1. The number of amides is 1. The first-order valence-electron chi connectivity index (χ1n) is 7.25. The van der Waals surface area contributed by atoms with Gasteiger partial charge in [0.25, 0.3) is 0 Å². The van der Waals surface area contributed by atoms with E-state index < -0.39 is 18.1 Å². The van der Waals surface area contributed by atoms with Crippen LogP contribution in [-0.2, 0) is 4.79 Å². The molecule has 1 aliphatic rings. The number of nitrogens with one attached hydrogen (secondary N) is 1. The van der Waals surface area contributed by atoms with Gasteiger partial charge in [0, 0.05) is 15.5 Å². The topological polar surface area (TPSA) is 32.3 Å². The van der Waals surface area contributed by atoms with Crippen molar-refractivity contribution in [2.45, 2.75) is 32.0 Å². The van der Waals surface area contributed by atoms with Gasteiger partial charge in [-0.25, -0.2) is 0 Å². The molecule has 0 spiro atoms. The van der Waals surface area contributed by atoms with Crippen molar-refractivity contribution in [2.24, 2.45) is 5.92 Å². The van der Waals surface area contributed by atoms with E-state index in [0.717, 1.165) is 4.47 Å². The van der Waals surface area contributed by atoms with Gasteiger partial charge in [0.15, 0.2) is 0 Å². The fourth-order valence-corrected chi connectivity index (χ4v) is 3.77. The van der Waals surface area contributed by atoms with Gasteiger partial charge >= 0.3 is 6.18 Å². The van der Waals surface area contributed by atoms with Crippen molar-refractivity contribution in [1.29, 1.82) is 0 Å². The molecule has 3 nitrogen and oxygen atoms in total. The maximum absolute atomic E-state index is 12.9. The van der Waals surface area contributed by atoms with Crippen molar-refractivity contribution < 1.29 is 18.0 Å². The van der Waals surface area contributed by atoms with E-state index in [1.807, 2.05) is 0 Å². The van der Waals surface area contributed by atoms with E-state index in [4.69, 9.17) is 0 Å². The molecule has 1 N–H and O–H groups in total. The quantitative estimate of drug-likeness (QED) is 0.706. The lowest BCUT2D eigenvalue weighted by Crippen LogP contribution is -2.49. The molecule has 0 unspecified atom stereocenters. The van der Waals surface area contributed by atoms with E-state index in [1.165, 1.54) is 0 Å². The zero-order valence-electron chi connectivity index (χ0n) is 12.5. The summed E-state index contributed by atoms with van der Waals surface area (Å²) in [5, 5.41) is 2.76. The van der Waals surface area contributed by atoms with Crippen LogP contribution in [0.15, 0.2) is 27.1 Å². The number of nitrogens with zero attached hydrogens (tertiary/aromatic N) is 1. The molecule has 23 heavy (non-hydrogen) atoms. The predicted octanol–water partition coefficient (Wildman–Crippen LogP) is 4.81. The first kappa shape index (κ1) is 18.7. The zero-order chi connectivity index (χ0) is 17.2. The highest BCUT2D eigenvalue weighted by Gasteiger charge is 2.43. The molecule has 0 bridgehead atoms. The third-order valence-corrected chi connectivity index (χ3v) is 5.18. The zero-order valence-corrected chi connectivity index (χ0v) is 15.6. The first-order chi connectivity index (χ1) is 10.7. The highest BCUT2D eigenvalue weighted by Crippen LogP contribution is 2.34. The summed E-state index contributed by atoms with van der Waals surface area (Å²) in [6.45, 7) is 2.02. The predicted molar refractivity (Wildman–Crippen MR) is 90.3 cm³/mol. The van der Waals surface area contributed by atoms with Crippen LogP contribution >= 0.6 is 31.9 Å². The van der Waals surface area contributed by atoms with E-state index in [2.05, 4.69) is 37.2 Å². The molecule has 2 rings (SSSR count). The minimum absolute atomic E-state index is 0.125. The number of likely N-dealkylation sites (tertiary alicyclic amines) is 1. The van der Waals surface area contributed by atoms with Crippen LogP contribution < -0.4 is 5.32 Å². The number of alkyl halides is 3. The highest BCUT2D eigenvalue weighted by atomic mass is 79.9. The second-order valence-corrected chi connectivity index (χ2v) is 7.44. The number of hydrogen-bond acceptors (Lipinski definition) is 2. The summed E-state index contributed by atoms with van der Waals surface area (Å²) < 4.78 is 40.2. The van der Waals surface area contributed by atoms with Crippen LogP contribution in [-0.4, -0.2) is 36.1 Å². The van der Waals surface area contributed by atoms with E-state index in [9.17, 15) is 18.0 Å². The summed E-state index contributed by atoms with van der Waals surface area (Å²) in [7, 11) is 0. The van der Waals surface area contributed by atoms with E-state index in [0.29, 0.717) is 23.1 Å². The van der Waals surface area contributed by atoms with Crippen molar-refractivity contribution in [3.8, 4) is 0 Å². The van der Waals surface area contributed by atoms with Crippen molar-refractivity contribution in [3.63, 3.8) is 0 Å². The molecule has 1 heterocycles. The summed E-state index contributed by atoms with van der Waals surface area (Å²) >= 11 is 6.67. The molecule has 0 saturated carbocycles. The Kier molecular flexibility index (Phi) is 6.13. The van der Waals surface area contributed by atoms with Gasteiger partial charge < -0.3 is 5.32 Å². The number of halogens is 5. The molecule has 1 fully saturated rings. The number of carbonyl (C=O) groups is 1. The average Bonchev–Trinajstić information content (AvgIpc) is 2.48. The largest absolute Gasteiger partial charge is 0.393 e. The molecule has 1 amide bonds. The monoisotopic (exact) mass is 456 g/mol. The van der Waals surface area contributed by atoms with Crippen molar-refractivity contribution in [1.82, 2.24) is 4.90 Å². The van der Waals surface area contributed by atoms with Crippen LogP contribution in [0.3, 0.4) is 0 Å². The smallest absolute Gasteiger partial charge is 0.324 e. The molecule has 0 aromatic heterocycles. The summed E-state index contributed by atoms with van der Waals surface area (Å²) in [6, 6.07) is 4.69. The number of piperidine rings is 1. The Morgan fingerprint density at radius 2 is 2.09 bits per heavy atom. The van der Waals surface area contributed by atoms with Gasteiger partial charge in [-0.05, 0) is 60.4 Å². The molecule has 1 aliphatic heterocycles. The van der Waals surface area contributed by atoms with Gasteiger partial charge in [-0.3, -0.25) is 9.69 Å². The Morgan fingerprint density at radius 3 is 2.70 bits per heavy atom. The fraction of sp³-hybridized carbons (Fsp3) is 0.533. The Balaban J connectivity index is 2.01. The van der Waals surface area contributed by atoms with Gasteiger partial charge in [-0.1, -0.05) is 15.9 Å². The summed E-state index contributed by atoms with van der Waals surface area (Å²) in [5.41, 5.74) is 0.592. The summed E-state index contributed by atoms with van der Waals surface area (Å²) in [5.74, 6) is -1.67. The Morgan fingerprint density at radius 1 is 1.39 bits per heavy atom. The lowest BCUT2D eigenvalue weighted by Gasteiger charge is -2.36. The Hall–Kier alpha value is -0.600. The standard InChI is InChI=1S/C15H17Br2F3N2O/c1-9(22-6-2-3-10(8-22)15(18,19)20)14(23)21-13-5-4-11(16)7-12(13)17/h4-5,7,9-10H,2-3,6,8H2,1H3,(H,21,23)/t9-,10-/m1/s1. The maximum Gasteiger partial charge on any atom is 0.393 e. The summed E-state index contributed by atoms with van der Waals surface area (Å²) in [6.07, 6.45) is -3.63. The molecular weight excluding hydrogens is 441 g/mol. The maximum atomic E-state index is 12.9. The minimum atomic E-state index is -4.20. The molecule has 128 valence electrons.